The van der Waals surface area contributed by atoms with Gasteiger partial charge in [-0.05, 0) is 31.9 Å². The molecule has 4 heteroatoms. The van der Waals surface area contributed by atoms with Gasteiger partial charge >= 0.3 is 0 Å². The van der Waals surface area contributed by atoms with Crippen LogP contribution < -0.4 is 10.6 Å². The standard InChI is InChI=1S/C11H16ClN3/c1-11(13)5-7-15(8-6-11)10-4-2-3-9(12)14-10/h2-4H,5-8,13H2,1H3. The summed E-state index contributed by atoms with van der Waals surface area (Å²) in [6, 6.07) is 5.72. The van der Waals surface area contributed by atoms with Crippen molar-refractivity contribution in [2.45, 2.75) is 25.3 Å². The van der Waals surface area contributed by atoms with E-state index in [2.05, 4.69) is 16.8 Å². The lowest BCUT2D eigenvalue weighted by Gasteiger charge is -2.37. The summed E-state index contributed by atoms with van der Waals surface area (Å²) in [6.45, 7) is 4.02. The van der Waals surface area contributed by atoms with Crippen LogP contribution in [-0.2, 0) is 0 Å². The molecule has 2 heterocycles. The van der Waals surface area contributed by atoms with Gasteiger partial charge in [0, 0.05) is 18.6 Å². The minimum Gasteiger partial charge on any atom is -0.356 e. The van der Waals surface area contributed by atoms with Crippen molar-refractivity contribution in [1.82, 2.24) is 4.98 Å². The molecule has 2 rings (SSSR count). The largest absolute Gasteiger partial charge is 0.356 e. The molecule has 0 aromatic carbocycles. The fourth-order valence-corrected chi connectivity index (χ4v) is 1.98. The molecule has 0 spiro atoms. The highest BCUT2D eigenvalue weighted by Gasteiger charge is 2.26. The van der Waals surface area contributed by atoms with Crippen molar-refractivity contribution in [3.8, 4) is 0 Å². The van der Waals surface area contributed by atoms with Crippen molar-refractivity contribution >= 4 is 17.4 Å². The molecule has 0 saturated carbocycles. The van der Waals surface area contributed by atoms with Crippen LogP contribution in [0.1, 0.15) is 19.8 Å². The predicted octanol–water partition coefficient (Wildman–Crippen LogP) is 2.05. The predicted molar refractivity (Wildman–Crippen MR) is 63.3 cm³/mol. The number of rotatable bonds is 1. The number of pyridine rings is 1. The van der Waals surface area contributed by atoms with Gasteiger partial charge in [-0.3, -0.25) is 0 Å². The van der Waals surface area contributed by atoms with E-state index >= 15 is 0 Å². The summed E-state index contributed by atoms with van der Waals surface area (Å²) in [5, 5.41) is 0.550. The van der Waals surface area contributed by atoms with E-state index in [4.69, 9.17) is 17.3 Å². The molecule has 0 radical (unpaired) electrons. The van der Waals surface area contributed by atoms with Gasteiger partial charge in [0.15, 0.2) is 0 Å². The molecule has 0 unspecified atom stereocenters. The lowest BCUT2D eigenvalue weighted by molar-refractivity contribution is 0.363. The maximum absolute atomic E-state index is 6.07. The Balaban J connectivity index is 2.08. The third-order valence-electron chi connectivity index (χ3n) is 2.93. The summed E-state index contributed by atoms with van der Waals surface area (Å²) in [7, 11) is 0. The Bertz CT molecular complexity index is 341. The van der Waals surface area contributed by atoms with E-state index in [9.17, 15) is 0 Å². The molecule has 0 aliphatic carbocycles. The number of anilines is 1. The zero-order valence-corrected chi connectivity index (χ0v) is 9.67. The molecule has 0 atom stereocenters. The molecule has 82 valence electrons. The average Bonchev–Trinajstić information content (AvgIpc) is 2.17. The number of hydrogen-bond donors (Lipinski definition) is 1. The van der Waals surface area contributed by atoms with E-state index in [0.717, 1.165) is 31.7 Å². The molecule has 1 aromatic rings. The first-order chi connectivity index (χ1) is 7.07. The van der Waals surface area contributed by atoms with Crippen LogP contribution in [0.5, 0.6) is 0 Å². The Kier molecular flexibility index (Phi) is 2.85. The highest BCUT2D eigenvalue weighted by molar-refractivity contribution is 6.29. The van der Waals surface area contributed by atoms with Crippen molar-refractivity contribution in [3.05, 3.63) is 23.4 Å². The van der Waals surface area contributed by atoms with Crippen molar-refractivity contribution in [1.29, 1.82) is 0 Å². The number of hydrogen-bond acceptors (Lipinski definition) is 3. The molecule has 1 aromatic heterocycles. The summed E-state index contributed by atoms with van der Waals surface area (Å²) in [6.07, 6.45) is 2.00. The fraction of sp³-hybridized carbons (Fsp3) is 0.545. The first-order valence-corrected chi connectivity index (χ1v) is 5.61. The van der Waals surface area contributed by atoms with Crippen molar-refractivity contribution in [2.75, 3.05) is 18.0 Å². The minimum atomic E-state index is -0.0188. The molecule has 2 N–H and O–H groups in total. The van der Waals surface area contributed by atoms with Gasteiger partial charge in [-0.15, -0.1) is 0 Å². The Morgan fingerprint density at radius 3 is 2.67 bits per heavy atom. The molecule has 3 nitrogen and oxygen atoms in total. The highest BCUT2D eigenvalue weighted by Crippen LogP contribution is 2.23. The maximum Gasteiger partial charge on any atom is 0.131 e. The van der Waals surface area contributed by atoms with Crippen LogP contribution in [0.15, 0.2) is 18.2 Å². The van der Waals surface area contributed by atoms with Gasteiger partial charge in [0.05, 0.1) is 0 Å². The molecule has 15 heavy (non-hydrogen) atoms. The van der Waals surface area contributed by atoms with Crippen LogP contribution in [0.4, 0.5) is 5.82 Å². The monoisotopic (exact) mass is 225 g/mol. The Morgan fingerprint density at radius 1 is 1.40 bits per heavy atom. The van der Waals surface area contributed by atoms with Crippen LogP contribution in [0.2, 0.25) is 5.15 Å². The van der Waals surface area contributed by atoms with Crippen molar-refractivity contribution < 1.29 is 0 Å². The van der Waals surface area contributed by atoms with Crippen molar-refractivity contribution in [3.63, 3.8) is 0 Å². The van der Waals surface area contributed by atoms with E-state index in [-0.39, 0.29) is 5.54 Å². The Labute approximate surface area is 95.2 Å². The van der Waals surface area contributed by atoms with Crippen LogP contribution in [0.25, 0.3) is 0 Å². The van der Waals surface area contributed by atoms with Gasteiger partial charge in [0.1, 0.15) is 11.0 Å². The second-order valence-corrected chi connectivity index (χ2v) is 4.85. The number of piperidine rings is 1. The third-order valence-corrected chi connectivity index (χ3v) is 3.14. The molecule has 1 aliphatic rings. The number of nitrogens with two attached hydrogens (primary N) is 1. The average molecular weight is 226 g/mol. The second-order valence-electron chi connectivity index (χ2n) is 4.46. The summed E-state index contributed by atoms with van der Waals surface area (Å²) in [4.78, 5) is 6.53. The summed E-state index contributed by atoms with van der Waals surface area (Å²) in [5.41, 5.74) is 6.06. The van der Waals surface area contributed by atoms with E-state index < -0.39 is 0 Å². The van der Waals surface area contributed by atoms with Crippen LogP contribution in [0.3, 0.4) is 0 Å². The molecule has 0 amide bonds. The molecule has 1 fully saturated rings. The SMILES string of the molecule is CC1(N)CCN(c2cccc(Cl)n2)CC1. The van der Waals surface area contributed by atoms with Gasteiger partial charge in [0.25, 0.3) is 0 Å². The van der Waals surface area contributed by atoms with Gasteiger partial charge < -0.3 is 10.6 Å². The zero-order chi connectivity index (χ0) is 10.9. The topological polar surface area (TPSA) is 42.1 Å². The fourth-order valence-electron chi connectivity index (χ4n) is 1.82. The lowest BCUT2D eigenvalue weighted by atomic mass is 9.91. The van der Waals surface area contributed by atoms with E-state index in [1.54, 1.807) is 6.07 Å². The van der Waals surface area contributed by atoms with Crippen LogP contribution in [-0.4, -0.2) is 23.6 Å². The van der Waals surface area contributed by atoms with Gasteiger partial charge in [-0.1, -0.05) is 17.7 Å². The number of nitrogens with zero attached hydrogens (tertiary/aromatic N) is 2. The van der Waals surface area contributed by atoms with E-state index in [1.165, 1.54) is 0 Å². The molecule has 1 aliphatic heterocycles. The smallest absolute Gasteiger partial charge is 0.131 e. The maximum atomic E-state index is 6.07. The number of halogens is 1. The summed E-state index contributed by atoms with van der Waals surface area (Å²) >= 11 is 5.86. The molecular formula is C11H16ClN3. The van der Waals surface area contributed by atoms with Gasteiger partial charge in [-0.25, -0.2) is 4.98 Å². The summed E-state index contributed by atoms with van der Waals surface area (Å²) in [5.74, 6) is 0.956. The minimum absolute atomic E-state index is 0.0188. The number of aromatic nitrogens is 1. The normalized spacial score (nSPS) is 20.3. The molecule has 1 saturated heterocycles. The van der Waals surface area contributed by atoms with Gasteiger partial charge in [-0.2, -0.15) is 0 Å². The lowest BCUT2D eigenvalue weighted by Crippen LogP contribution is -2.48. The summed E-state index contributed by atoms with van der Waals surface area (Å²) < 4.78 is 0. The zero-order valence-electron chi connectivity index (χ0n) is 8.91. The highest BCUT2D eigenvalue weighted by atomic mass is 35.5. The first-order valence-electron chi connectivity index (χ1n) is 5.23. The quantitative estimate of drug-likeness (QED) is 0.744. The first kappa shape index (κ1) is 10.7. The molecule has 0 bridgehead atoms. The Hall–Kier alpha value is -0.800. The van der Waals surface area contributed by atoms with Crippen molar-refractivity contribution in [2.24, 2.45) is 5.73 Å². The third kappa shape index (κ3) is 2.61. The van der Waals surface area contributed by atoms with Crippen LogP contribution >= 0.6 is 11.6 Å². The Morgan fingerprint density at radius 2 is 2.07 bits per heavy atom. The second kappa shape index (κ2) is 3.99. The van der Waals surface area contributed by atoms with E-state index in [1.807, 2.05) is 12.1 Å². The molecular weight excluding hydrogens is 210 g/mol. The van der Waals surface area contributed by atoms with E-state index in [0.29, 0.717) is 5.15 Å². The van der Waals surface area contributed by atoms with Gasteiger partial charge in [0.2, 0.25) is 0 Å². The van der Waals surface area contributed by atoms with Crippen LogP contribution in [0, 0.1) is 0 Å².